The molecule has 0 radical (unpaired) electrons. The highest BCUT2D eigenvalue weighted by atomic mass is 19.4. The van der Waals surface area contributed by atoms with Crippen LogP contribution < -0.4 is 5.73 Å². The molecule has 2 aromatic carbocycles. The number of carbonyl (C=O) groups excluding carboxylic acids is 1. The molecule has 0 unspecified atom stereocenters. The lowest BCUT2D eigenvalue weighted by Gasteiger charge is -2.15. The van der Waals surface area contributed by atoms with E-state index in [4.69, 9.17) is 5.73 Å². The van der Waals surface area contributed by atoms with Crippen LogP contribution in [0.5, 0.6) is 0 Å². The lowest BCUT2D eigenvalue weighted by molar-refractivity contribution is -0.137. The number of aryl methyl sites for hydroxylation is 1. The average Bonchev–Trinajstić information content (AvgIpc) is 3.38. The van der Waals surface area contributed by atoms with Crippen LogP contribution in [0.15, 0.2) is 61.1 Å². The van der Waals surface area contributed by atoms with E-state index in [-0.39, 0.29) is 22.4 Å². The van der Waals surface area contributed by atoms with Gasteiger partial charge < -0.3 is 14.7 Å². The summed E-state index contributed by atoms with van der Waals surface area (Å²) >= 11 is 0. The normalized spacial score (nSPS) is 12.1. The number of rotatable bonds is 3. The van der Waals surface area contributed by atoms with Crippen molar-refractivity contribution in [1.82, 2.24) is 14.0 Å². The minimum absolute atomic E-state index is 0.0212. The van der Waals surface area contributed by atoms with E-state index in [2.05, 4.69) is 4.98 Å². The van der Waals surface area contributed by atoms with Gasteiger partial charge in [0.25, 0.3) is 0 Å². The SMILES string of the molecule is Cn1cnc2cc(-c3cccn4c(C(=O)c5cc(F)c(N)c(F)c5)ccc34)c(C(F)(F)F)cc21. The highest BCUT2D eigenvalue weighted by molar-refractivity contribution is 6.09. The molecule has 5 aromatic rings. The molecular weight excluding hydrogens is 455 g/mol. The minimum Gasteiger partial charge on any atom is -0.394 e. The Kier molecular flexibility index (Phi) is 4.71. The fourth-order valence-corrected chi connectivity index (χ4v) is 4.05. The number of nitrogens with zero attached hydrogens (tertiary/aromatic N) is 3. The van der Waals surface area contributed by atoms with Gasteiger partial charge in [-0.15, -0.1) is 0 Å². The number of nitrogens with two attached hydrogens (primary N) is 1. The quantitative estimate of drug-likeness (QED) is 0.212. The van der Waals surface area contributed by atoms with Gasteiger partial charge in [0.1, 0.15) is 17.3 Å². The predicted molar refractivity (Wildman–Crippen MR) is 116 cm³/mol. The van der Waals surface area contributed by atoms with Gasteiger partial charge >= 0.3 is 6.18 Å². The van der Waals surface area contributed by atoms with Crippen LogP contribution in [0.25, 0.3) is 27.7 Å². The van der Waals surface area contributed by atoms with Crippen molar-refractivity contribution in [3.05, 3.63) is 89.5 Å². The number of halogens is 5. The van der Waals surface area contributed by atoms with Gasteiger partial charge in [-0.05, 0) is 48.0 Å². The number of ketones is 1. The number of fused-ring (bicyclic) bond motifs is 2. The number of benzene rings is 2. The van der Waals surface area contributed by atoms with E-state index in [1.54, 1.807) is 7.05 Å². The molecule has 10 heteroatoms. The molecule has 0 fully saturated rings. The second-order valence-electron chi connectivity index (χ2n) is 7.82. The highest BCUT2D eigenvalue weighted by Gasteiger charge is 2.35. The van der Waals surface area contributed by atoms with Crippen molar-refractivity contribution in [3.63, 3.8) is 0 Å². The van der Waals surface area contributed by atoms with Crippen LogP contribution in [0.4, 0.5) is 27.6 Å². The van der Waals surface area contributed by atoms with Crippen LogP contribution in [0.2, 0.25) is 0 Å². The fraction of sp³-hybridized carbons (Fsp3) is 0.0833. The summed E-state index contributed by atoms with van der Waals surface area (Å²) in [4.78, 5) is 17.2. The number of nitrogen functional groups attached to an aromatic ring is 1. The van der Waals surface area contributed by atoms with Crippen LogP contribution in [0.1, 0.15) is 21.6 Å². The summed E-state index contributed by atoms with van der Waals surface area (Å²) < 4.78 is 72.6. The Labute approximate surface area is 188 Å². The van der Waals surface area contributed by atoms with E-state index in [1.165, 1.54) is 51.8 Å². The first kappa shape index (κ1) is 21.6. The molecule has 0 saturated carbocycles. The molecule has 3 heterocycles. The van der Waals surface area contributed by atoms with Gasteiger partial charge in [-0.1, -0.05) is 6.07 Å². The largest absolute Gasteiger partial charge is 0.417 e. The number of pyridine rings is 1. The molecule has 34 heavy (non-hydrogen) atoms. The Bertz CT molecular complexity index is 1590. The van der Waals surface area contributed by atoms with Gasteiger partial charge in [-0.2, -0.15) is 13.2 Å². The highest BCUT2D eigenvalue weighted by Crippen LogP contribution is 2.41. The van der Waals surface area contributed by atoms with Gasteiger partial charge in [0, 0.05) is 24.4 Å². The number of hydrogen-bond acceptors (Lipinski definition) is 3. The zero-order valence-electron chi connectivity index (χ0n) is 17.5. The number of hydrogen-bond donors (Lipinski definition) is 1. The first-order valence-electron chi connectivity index (χ1n) is 9.98. The van der Waals surface area contributed by atoms with Crippen LogP contribution in [-0.2, 0) is 13.2 Å². The van der Waals surface area contributed by atoms with Crippen molar-refractivity contribution in [2.75, 3.05) is 5.73 Å². The first-order chi connectivity index (χ1) is 16.1. The molecule has 3 aromatic heterocycles. The molecule has 0 aliphatic carbocycles. The second-order valence-corrected chi connectivity index (χ2v) is 7.82. The Morgan fingerprint density at radius 1 is 0.971 bits per heavy atom. The Balaban J connectivity index is 1.71. The molecule has 0 bridgehead atoms. The summed E-state index contributed by atoms with van der Waals surface area (Å²) in [6.07, 6.45) is -1.73. The molecule has 0 atom stereocenters. The molecule has 5 rings (SSSR count). The van der Waals surface area contributed by atoms with E-state index in [9.17, 15) is 26.7 Å². The van der Waals surface area contributed by atoms with Crippen molar-refractivity contribution in [2.24, 2.45) is 7.05 Å². The molecular formula is C24H15F5N4O. The third kappa shape index (κ3) is 3.30. The summed E-state index contributed by atoms with van der Waals surface area (Å²) in [7, 11) is 1.60. The van der Waals surface area contributed by atoms with E-state index in [0.29, 0.717) is 16.6 Å². The Morgan fingerprint density at radius 3 is 2.35 bits per heavy atom. The predicted octanol–water partition coefficient (Wildman–Crippen LogP) is 5.60. The van der Waals surface area contributed by atoms with E-state index in [0.717, 1.165) is 18.2 Å². The molecule has 0 aliphatic rings. The van der Waals surface area contributed by atoms with Gasteiger partial charge in [0.05, 0.1) is 34.1 Å². The third-order valence-corrected chi connectivity index (χ3v) is 5.73. The van der Waals surface area contributed by atoms with Gasteiger partial charge in [0.2, 0.25) is 5.78 Å². The number of anilines is 1. The Hall–Kier alpha value is -4.21. The van der Waals surface area contributed by atoms with Crippen molar-refractivity contribution >= 4 is 28.0 Å². The standard InChI is InChI=1S/C24H15F5N4O/c1-32-11-31-18-9-14(15(10-21(18)32)24(27,28)29)13-3-2-6-33-19(13)4-5-20(33)23(34)12-7-16(25)22(30)17(26)8-12/h2-11H,30H2,1H3. The maximum Gasteiger partial charge on any atom is 0.417 e. The first-order valence-corrected chi connectivity index (χ1v) is 9.98. The van der Waals surface area contributed by atoms with Crippen molar-refractivity contribution in [2.45, 2.75) is 6.18 Å². The number of alkyl halides is 3. The monoisotopic (exact) mass is 470 g/mol. The van der Waals surface area contributed by atoms with Crippen LogP contribution >= 0.6 is 0 Å². The maximum atomic E-state index is 14.0. The molecule has 2 N–H and O–H groups in total. The second kappa shape index (κ2) is 7.41. The molecule has 0 spiro atoms. The molecule has 0 saturated heterocycles. The molecule has 172 valence electrons. The van der Waals surface area contributed by atoms with Gasteiger partial charge in [-0.3, -0.25) is 4.79 Å². The van der Waals surface area contributed by atoms with E-state index >= 15 is 0 Å². The summed E-state index contributed by atoms with van der Waals surface area (Å²) in [6, 6.07) is 9.90. The lowest BCUT2D eigenvalue weighted by atomic mass is 9.98. The topological polar surface area (TPSA) is 65.3 Å². The third-order valence-electron chi connectivity index (χ3n) is 5.73. The Morgan fingerprint density at radius 2 is 1.68 bits per heavy atom. The smallest absolute Gasteiger partial charge is 0.394 e. The number of aromatic nitrogens is 3. The summed E-state index contributed by atoms with van der Waals surface area (Å²) in [5, 5.41) is 0. The molecule has 0 amide bonds. The van der Waals surface area contributed by atoms with Crippen molar-refractivity contribution in [1.29, 1.82) is 0 Å². The van der Waals surface area contributed by atoms with Gasteiger partial charge in [0.15, 0.2) is 0 Å². The molecule has 0 aliphatic heterocycles. The van der Waals surface area contributed by atoms with Gasteiger partial charge in [-0.25, -0.2) is 13.8 Å². The average molecular weight is 470 g/mol. The van der Waals surface area contributed by atoms with Crippen molar-refractivity contribution in [3.8, 4) is 11.1 Å². The summed E-state index contributed by atoms with van der Waals surface area (Å²) in [6.45, 7) is 0. The summed E-state index contributed by atoms with van der Waals surface area (Å²) in [5.74, 6) is -2.88. The van der Waals surface area contributed by atoms with Crippen molar-refractivity contribution < 1.29 is 26.7 Å². The van der Waals surface area contributed by atoms with Crippen LogP contribution in [0.3, 0.4) is 0 Å². The van der Waals surface area contributed by atoms with E-state index in [1.807, 2.05) is 0 Å². The minimum atomic E-state index is -4.65. The zero-order chi connectivity index (χ0) is 24.4. The van der Waals surface area contributed by atoms with Crippen LogP contribution in [0, 0.1) is 11.6 Å². The number of carbonyl (C=O) groups is 1. The van der Waals surface area contributed by atoms with E-state index < -0.39 is 34.8 Å². The zero-order valence-corrected chi connectivity index (χ0v) is 17.5. The number of imidazole rings is 1. The van der Waals surface area contributed by atoms with Crippen LogP contribution in [-0.4, -0.2) is 19.7 Å². The fourth-order valence-electron chi connectivity index (χ4n) is 4.05. The maximum absolute atomic E-state index is 14.0. The lowest BCUT2D eigenvalue weighted by Crippen LogP contribution is -2.09. The molecule has 5 nitrogen and oxygen atoms in total. The summed E-state index contributed by atoms with van der Waals surface area (Å²) in [5.41, 5.74) is 4.58.